The van der Waals surface area contributed by atoms with E-state index in [1.807, 2.05) is 25.7 Å². The second kappa shape index (κ2) is 7.77. The van der Waals surface area contributed by atoms with Gasteiger partial charge in [0.15, 0.2) is 0 Å². The number of allylic oxidation sites excluding steroid dienone is 1. The number of carbonyl (C=O) groups excluding carboxylic acids is 1. The van der Waals surface area contributed by atoms with Crippen LogP contribution in [0, 0.1) is 11.3 Å². The highest BCUT2D eigenvalue weighted by Gasteiger charge is 2.53. The van der Waals surface area contributed by atoms with Crippen molar-refractivity contribution in [1.29, 1.82) is 0 Å². The van der Waals surface area contributed by atoms with E-state index < -0.39 is 5.60 Å². The van der Waals surface area contributed by atoms with Crippen LogP contribution < -0.4 is 0 Å². The van der Waals surface area contributed by atoms with E-state index in [2.05, 4.69) is 22.3 Å². The lowest BCUT2D eigenvalue weighted by atomic mass is 9.58. The first-order chi connectivity index (χ1) is 15.1. The van der Waals surface area contributed by atoms with Gasteiger partial charge in [-0.2, -0.15) is 0 Å². The van der Waals surface area contributed by atoms with Crippen LogP contribution in [0.25, 0.3) is 17.3 Å². The van der Waals surface area contributed by atoms with Crippen molar-refractivity contribution in [3.05, 3.63) is 39.8 Å². The number of hydrogen-bond donors (Lipinski definition) is 0. The molecular formula is C24H27Cl2N3O3. The lowest BCUT2D eigenvalue weighted by Gasteiger charge is -2.58. The summed E-state index contributed by atoms with van der Waals surface area (Å²) < 4.78 is 11.2. The third-order valence-electron chi connectivity index (χ3n) is 6.42. The summed E-state index contributed by atoms with van der Waals surface area (Å²) in [5.74, 6) is 1.79. The third-order valence-corrected chi connectivity index (χ3v) is 7.00. The number of ether oxygens (including phenoxy) is 1. The Morgan fingerprint density at radius 3 is 2.47 bits per heavy atom. The van der Waals surface area contributed by atoms with E-state index in [1.54, 1.807) is 12.4 Å². The molecule has 3 heterocycles. The predicted octanol–water partition coefficient (Wildman–Crippen LogP) is 6.58. The fourth-order valence-corrected chi connectivity index (χ4v) is 5.37. The van der Waals surface area contributed by atoms with E-state index in [-0.39, 0.29) is 11.5 Å². The highest BCUT2D eigenvalue weighted by molar-refractivity contribution is 6.39. The van der Waals surface area contributed by atoms with E-state index in [4.69, 9.17) is 32.5 Å². The SMILES string of the molecule is CC(C)(C)OC(=O)N1CC2(CC(/C=C/c3c(-c4c(Cl)cncc4Cl)noc3C3CC3)C2)C1. The smallest absolute Gasteiger partial charge is 0.410 e. The van der Waals surface area contributed by atoms with Gasteiger partial charge in [0.25, 0.3) is 0 Å². The van der Waals surface area contributed by atoms with Crippen LogP contribution in [-0.2, 0) is 4.74 Å². The van der Waals surface area contributed by atoms with Crippen LogP contribution in [0.2, 0.25) is 10.0 Å². The molecule has 1 spiro atoms. The second-order valence-electron chi connectivity index (χ2n) is 10.4. The maximum atomic E-state index is 12.2. The summed E-state index contributed by atoms with van der Waals surface area (Å²) >= 11 is 12.8. The molecule has 2 saturated carbocycles. The normalized spacial score (nSPS) is 20.5. The topological polar surface area (TPSA) is 68.5 Å². The molecule has 2 aromatic heterocycles. The van der Waals surface area contributed by atoms with E-state index in [0.29, 0.717) is 33.1 Å². The van der Waals surface area contributed by atoms with Gasteiger partial charge in [-0.25, -0.2) is 4.79 Å². The van der Waals surface area contributed by atoms with Gasteiger partial charge in [0.05, 0.1) is 10.0 Å². The summed E-state index contributed by atoms with van der Waals surface area (Å²) in [6, 6.07) is 0. The number of nitrogens with zero attached hydrogens (tertiary/aromatic N) is 3. The molecule has 3 aliphatic rings. The zero-order valence-electron chi connectivity index (χ0n) is 18.5. The van der Waals surface area contributed by atoms with Crippen molar-refractivity contribution in [3.63, 3.8) is 0 Å². The molecule has 1 amide bonds. The lowest BCUT2D eigenvalue weighted by Crippen LogP contribution is -2.64. The number of hydrogen-bond acceptors (Lipinski definition) is 5. The number of carbonyl (C=O) groups is 1. The van der Waals surface area contributed by atoms with Gasteiger partial charge in [0, 0.05) is 47.9 Å². The Balaban J connectivity index is 1.27. The Hall–Kier alpha value is -2.05. The van der Waals surface area contributed by atoms with Gasteiger partial charge in [0.2, 0.25) is 0 Å². The fraction of sp³-hybridized carbons (Fsp3) is 0.542. The maximum Gasteiger partial charge on any atom is 0.410 e. The zero-order chi connectivity index (χ0) is 22.7. The Labute approximate surface area is 197 Å². The molecule has 1 saturated heterocycles. The molecular weight excluding hydrogens is 449 g/mol. The average molecular weight is 476 g/mol. The summed E-state index contributed by atoms with van der Waals surface area (Å²) in [7, 11) is 0. The number of aromatic nitrogens is 2. The maximum absolute atomic E-state index is 12.2. The van der Waals surface area contributed by atoms with Crippen LogP contribution in [0.15, 0.2) is 23.0 Å². The van der Waals surface area contributed by atoms with Gasteiger partial charge in [-0.1, -0.05) is 40.5 Å². The highest BCUT2D eigenvalue weighted by Crippen LogP contribution is 2.53. The highest BCUT2D eigenvalue weighted by atomic mass is 35.5. The first-order valence-electron chi connectivity index (χ1n) is 11.1. The van der Waals surface area contributed by atoms with Crippen LogP contribution in [0.1, 0.15) is 63.7 Å². The van der Waals surface area contributed by atoms with Crippen LogP contribution in [0.5, 0.6) is 0 Å². The van der Waals surface area contributed by atoms with Gasteiger partial charge in [-0.15, -0.1) is 0 Å². The number of amides is 1. The minimum absolute atomic E-state index is 0.212. The monoisotopic (exact) mass is 475 g/mol. The number of rotatable bonds is 4. The molecule has 0 aromatic carbocycles. The number of likely N-dealkylation sites (tertiary alicyclic amines) is 1. The van der Waals surface area contributed by atoms with Crippen molar-refractivity contribution in [1.82, 2.24) is 15.0 Å². The van der Waals surface area contributed by atoms with Gasteiger partial charge >= 0.3 is 6.09 Å². The van der Waals surface area contributed by atoms with E-state index in [0.717, 1.165) is 50.1 Å². The molecule has 5 rings (SSSR count). The van der Waals surface area contributed by atoms with Crippen molar-refractivity contribution in [3.8, 4) is 11.3 Å². The van der Waals surface area contributed by atoms with Crippen molar-refractivity contribution < 1.29 is 14.1 Å². The van der Waals surface area contributed by atoms with Gasteiger partial charge in [0.1, 0.15) is 17.1 Å². The molecule has 170 valence electrons. The molecule has 0 bridgehead atoms. The van der Waals surface area contributed by atoms with Gasteiger partial charge in [-0.05, 0) is 52.4 Å². The standard InChI is InChI=1S/C24H27Cl2N3O3/c1-23(2,3)31-22(30)29-12-24(13-29)8-14(9-24)4-7-16-20(28-32-21(16)15-5-6-15)19-17(25)10-27-11-18(19)26/h4,7,10-11,14-15H,5-6,8-9,12-13H2,1-3H3/b7-4+. The number of halogens is 2. The first-order valence-corrected chi connectivity index (χ1v) is 11.8. The van der Waals surface area contributed by atoms with Crippen LogP contribution in [0.4, 0.5) is 4.79 Å². The van der Waals surface area contributed by atoms with Gasteiger partial charge < -0.3 is 14.2 Å². The van der Waals surface area contributed by atoms with Crippen molar-refractivity contribution in [2.75, 3.05) is 13.1 Å². The Kier molecular flexibility index (Phi) is 5.29. The summed E-state index contributed by atoms with van der Waals surface area (Å²) in [6.07, 6.45) is 11.7. The first kappa shape index (κ1) is 21.8. The van der Waals surface area contributed by atoms with Crippen molar-refractivity contribution in [2.24, 2.45) is 11.3 Å². The summed E-state index contributed by atoms with van der Waals surface area (Å²) in [4.78, 5) is 18.1. The lowest BCUT2D eigenvalue weighted by molar-refractivity contribution is -0.0849. The van der Waals surface area contributed by atoms with Crippen molar-refractivity contribution in [2.45, 2.75) is 58.0 Å². The molecule has 3 fully saturated rings. The molecule has 8 heteroatoms. The molecule has 0 atom stereocenters. The van der Waals surface area contributed by atoms with Crippen LogP contribution in [-0.4, -0.2) is 39.8 Å². The molecule has 0 N–H and O–H groups in total. The quantitative estimate of drug-likeness (QED) is 0.499. The molecule has 2 aromatic rings. The summed E-state index contributed by atoms with van der Waals surface area (Å²) in [5.41, 5.74) is 2.08. The van der Waals surface area contributed by atoms with Gasteiger partial charge in [-0.3, -0.25) is 4.98 Å². The second-order valence-corrected chi connectivity index (χ2v) is 11.2. The molecule has 0 radical (unpaired) electrons. The summed E-state index contributed by atoms with van der Waals surface area (Å²) in [5, 5.41) is 5.25. The number of pyridine rings is 1. The Bertz CT molecular complexity index is 1050. The van der Waals surface area contributed by atoms with E-state index in [9.17, 15) is 4.79 Å². The zero-order valence-corrected chi connectivity index (χ0v) is 20.0. The molecule has 1 aliphatic heterocycles. The molecule has 0 unspecified atom stereocenters. The third kappa shape index (κ3) is 4.15. The van der Waals surface area contributed by atoms with Crippen molar-refractivity contribution >= 4 is 35.4 Å². The van der Waals surface area contributed by atoms with E-state index in [1.165, 1.54) is 0 Å². The largest absolute Gasteiger partial charge is 0.444 e. The van der Waals surface area contributed by atoms with Crippen LogP contribution in [0.3, 0.4) is 0 Å². The minimum atomic E-state index is -0.457. The Morgan fingerprint density at radius 2 is 1.88 bits per heavy atom. The summed E-state index contributed by atoms with van der Waals surface area (Å²) in [6.45, 7) is 7.24. The van der Waals surface area contributed by atoms with Crippen LogP contribution >= 0.6 is 23.2 Å². The predicted molar refractivity (Wildman–Crippen MR) is 124 cm³/mol. The minimum Gasteiger partial charge on any atom is -0.444 e. The van der Waals surface area contributed by atoms with E-state index >= 15 is 0 Å². The average Bonchev–Trinajstić information content (AvgIpc) is 3.39. The Morgan fingerprint density at radius 1 is 1.22 bits per heavy atom. The molecule has 2 aliphatic carbocycles. The molecule has 6 nitrogen and oxygen atoms in total. The molecule has 32 heavy (non-hydrogen) atoms. The fourth-order valence-electron chi connectivity index (χ4n) is 4.83.